The van der Waals surface area contributed by atoms with Crippen molar-refractivity contribution in [2.45, 2.75) is 45.7 Å². The molecule has 20 heavy (non-hydrogen) atoms. The van der Waals surface area contributed by atoms with Crippen LogP contribution in [0.15, 0.2) is 18.2 Å². The average molecular weight is 277 g/mol. The second kappa shape index (κ2) is 6.98. The van der Waals surface area contributed by atoms with Crippen molar-refractivity contribution in [3.05, 3.63) is 23.8 Å². The fraction of sp³-hybridized carbons (Fsp3) is 0.647. The number of hydrogen-bond acceptors (Lipinski definition) is 3. The summed E-state index contributed by atoms with van der Waals surface area (Å²) in [6, 6.07) is 6.58. The molecule has 3 atom stereocenters. The lowest BCUT2D eigenvalue weighted by Crippen LogP contribution is -2.38. The molecule has 0 radical (unpaired) electrons. The average Bonchev–Trinajstić information content (AvgIpc) is 2.46. The predicted molar refractivity (Wildman–Crippen MR) is 82.4 cm³/mol. The topological polar surface area (TPSA) is 30.5 Å². The molecule has 0 amide bonds. The summed E-state index contributed by atoms with van der Waals surface area (Å²) in [5.74, 6) is 3.42. The third-order valence-corrected chi connectivity index (χ3v) is 4.47. The van der Waals surface area contributed by atoms with Crippen molar-refractivity contribution >= 4 is 0 Å². The molecule has 1 aliphatic carbocycles. The lowest BCUT2D eigenvalue weighted by atomic mass is 9.80. The molecule has 112 valence electrons. The Morgan fingerprint density at radius 1 is 1.15 bits per heavy atom. The van der Waals surface area contributed by atoms with Crippen LogP contribution in [0.4, 0.5) is 0 Å². The Labute approximate surface area is 122 Å². The second-order valence-corrected chi connectivity index (χ2v) is 6.06. The SMILES string of the molecule is COc1ccc(OC)c(CNC2CCC(C)CC2C)c1. The summed E-state index contributed by atoms with van der Waals surface area (Å²) in [6.45, 7) is 5.55. The Morgan fingerprint density at radius 2 is 1.95 bits per heavy atom. The zero-order valence-electron chi connectivity index (χ0n) is 13.1. The minimum absolute atomic E-state index is 0.613. The number of rotatable bonds is 5. The third kappa shape index (κ3) is 3.66. The van der Waals surface area contributed by atoms with Gasteiger partial charge in [-0.2, -0.15) is 0 Å². The lowest BCUT2D eigenvalue weighted by molar-refractivity contribution is 0.226. The fourth-order valence-electron chi connectivity index (χ4n) is 3.23. The van der Waals surface area contributed by atoms with E-state index in [9.17, 15) is 0 Å². The van der Waals surface area contributed by atoms with Gasteiger partial charge in [0, 0.05) is 18.2 Å². The van der Waals surface area contributed by atoms with Crippen molar-refractivity contribution in [1.82, 2.24) is 5.32 Å². The highest BCUT2D eigenvalue weighted by atomic mass is 16.5. The second-order valence-electron chi connectivity index (χ2n) is 6.06. The predicted octanol–water partition coefficient (Wildman–Crippen LogP) is 3.62. The molecule has 2 rings (SSSR count). The molecule has 1 N–H and O–H groups in total. The maximum atomic E-state index is 5.43. The van der Waals surface area contributed by atoms with E-state index in [-0.39, 0.29) is 0 Å². The first-order valence-corrected chi connectivity index (χ1v) is 7.58. The van der Waals surface area contributed by atoms with Crippen LogP contribution in [0.5, 0.6) is 11.5 Å². The monoisotopic (exact) mass is 277 g/mol. The molecule has 1 aromatic carbocycles. The van der Waals surface area contributed by atoms with E-state index >= 15 is 0 Å². The third-order valence-electron chi connectivity index (χ3n) is 4.47. The van der Waals surface area contributed by atoms with Crippen molar-refractivity contribution < 1.29 is 9.47 Å². The first-order valence-electron chi connectivity index (χ1n) is 7.58. The van der Waals surface area contributed by atoms with E-state index in [1.165, 1.54) is 19.3 Å². The van der Waals surface area contributed by atoms with Gasteiger partial charge in [-0.05, 0) is 49.3 Å². The quantitative estimate of drug-likeness (QED) is 0.891. The van der Waals surface area contributed by atoms with Gasteiger partial charge in [0.05, 0.1) is 14.2 Å². The molecule has 0 spiro atoms. The molecule has 1 aliphatic rings. The van der Waals surface area contributed by atoms with Gasteiger partial charge >= 0.3 is 0 Å². The van der Waals surface area contributed by atoms with Crippen molar-refractivity contribution in [3.63, 3.8) is 0 Å². The largest absolute Gasteiger partial charge is 0.497 e. The van der Waals surface area contributed by atoms with Crippen LogP contribution in [-0.4, -0.2) is 20.3 Å². The molecule has 1 fully saturated rings. The van der Waals surface area contributed by atoms with E-state index in [1.54, 1.807) is 14.2 Å². The van der Waals surface area contributed by atoms with Gasteiger partial charge in [0.25, 0.3) is 0 Å². The lowest BCUT2D eigenvalue weighted by Gasteiger charge is -2.33. The first-order chi connectivity index (χ1) is 9.63. The number of benzene rings is 1. The highest BCUT2D eigenvalue weighted by Crippen LogP contribution is 2.30. The number of hydrogen-bond donors (Lipinski definition) is 1. The number of nitrogens with one attached hydrogen (secondary N) is 1. The molecule has 0 aromatic heterocycles. The number of methoxy groups -OCH3 is 2. The summed E-state index contributed by atoms with van der Waals surface area (Å²) in [6.07, 6.45) is 3.93. The van der Waals surface area contributed by atoms with E-state index in [0.717, 1.165) is 35.4 Å². The normalized spacial score (nSPS) is 26.3. The van der Waals surface area contributed by atoms with Crippen LogP contribution in [0.3, 0.4) is 0 Å². The molecule has 1 aromatic rings. The first kappa shape index (κ1) is 15.2. The van der Waals surface area contributed by atoms with Gasteiger partial charge in [0.15, 0.2) is 0 Å². The maximum absolute atomic E-state index is 5.43. The van der Waals surface area contributed by atoms with Gasteiger partial charge in [-0.15, -0.1) is 0 Å². The van der Waals surface area contributed by atoms with Crippen molar-refractivity contribution in [1.29, 1.82) is 0 Å². The van der Waals surface area contributed by atoms with Gasteiger partial charge < -0.3 is 14.8 Å². The van der Waals surface area contributed by atoms with Gasteiger partial charge in [-0.25, -0.2) is 0 Å². The summed E-state index contributed by atoms with van der Waals surface area (Å²) < 4.78 is 10.7. The van der Waals surface area contributed by atoms with Crippen LogP contribution in [0, 0.1) is 11.8 Å². The van der Waals surface area contributed by atoms with E-state index in [2.05, 4.69) is 25.2 Å². The Bertz CT molecular complexity index is 433. The molecule has 0 heterocycles. The smallest absolute Gasteiger partial charge is 0.123 e. The van der Waals surface area contributed by atoms with Crippen molar-refractivity contribution in [3.8, 4) is 11.5 Å². The van der Waals surface area contributed by atoms with Crippen LogP contribution in [0.1, 0.15) is 38.7 Å². The van der Waals surface area contributed by atoms with Crippen LogP contribution < -0.4 is 14.8 Å². The van der Waals surface area contributed by atoms with E-state index < -0.39 is 0 Å². The van der Waals surface area contributed by atoms with Crippen LogP contribution >= 0.6 is 0 Å². The summed E-state index contributed by atoms with van der Waals surface area (Å²) in [5, 5.41) is 3.70. The molecular formula is C17H27NO2. The van der Waals surface area contributed by atoms with Crippen molar-refractivity contribution in [2.24, 2.45) is 11.8 Å². The fourth-order valence-corrected chi connectivity index (χ4v) is 3.23. The standard InChI is InChI=1S/C17H27NO2/c1-12-5-7-16(13(2)9-12)18-11-14-10-15(19-3)6-8-17(14)20-4/h6,8,10,12-13,16,18H,5,7,9,11H2,1-4H3. The molecule has 3 nitrogen and oxygen atoms in total. The number of ether oxygens (including phenoxy) is 2. The zero-order valence-corrected chi connectivity index (χ0v) is 13.1. The Balaban J connectivity index is 1.99. The summed E-state index contributed by atoms with van der Waals surface area (Å²) in [4.78, 5) is 0. The van der Waals surface area contributed by atoms with Gasteiger partial charge in [0.1, 0.15) is 11.5 Å². The van der Waals surface area contributed by atoms with Crippen molar-refractivity contribution in [2.75, 3.05) is 14.2 Å². The highest BCUT2D eigenvalue weighted by Gasteiger charge is 2.24. The summed E-state index contributed by atoms with van der Waals surface area (Å²) in [5.41, 5.74) is 1.16. The van der Waals surface area contributed by atoms with E-state index in [0.29, 0.717) is 6.04 Å². The zero-order chi connectivity index (χ0) is 14.5. The van der Waals surface area contributed by atoms with E-state index in [1.807, 2.05) is 12.1 Å². The van der Waals surface area contributed by atoms with Crippen LogP contribution in [0.2, 0.25) is 0 Å². The van der Waals surface area contributed by atoms with Gasteiger partial charge in [-0.3, -0.25) is 0 Å². The summed E-state index contributed by atoms with van der Waals surface area (Å²) >= 11 is 0. The van der Waals surface area contributed by atoms with E-state index in [4.69, 9.17) is 9.47 Å². The Hall–Kier alpha value is -1.22. The summed E-state index contributed by atoms with van der Waals surface area (Å²) in [7, 11) is 3.42. The molecular weight excluding hydrogens is 250 g/mol. The molecule has 0 saturated heterocycles. The van der Waals surface area contributed by atoms with Crippen LogP contribution in [0.25, 0.3) is 0 Å². The Morgan fingerprint density at radius 3 is 2.60 bits per heavy atom. The maximum Gasteiger partial charge on any atom is 0.123 e. The minimum Gasteiger partial charge on any atom is -0.497 e. The molecule has 0 aliphatic heterocycles. The Kier molecular flexibility index (Phi) is 5.30. The molecule has 3 heteroatoms. The van der Waals surface area contributed by atoms with Gasteiger partial charge in [-0.1, -0.05) is 13.8 Å². The molecule has 3 unspecified atom stereocenters. The highest BCUT2D eigenvalue weighted by molar-refractivity contribution is 5.40. The molecule has 0 bridgehead atoms. The molecule has 1 saturated carbocycles. The van der Waals surface area contributed by atoms with Gasteiger partial charge in [0.2, 0.25) is 0 Å². The van der Waals surface area contributed by atoms with Crippen LogP contribution in [-0.2, 0) is 6.54 Å². The minimum atomic E-state index is 0.613.